The van der Waals surface area contributed by atoms with E-state index in [-0.39, 0.29) is 30.0 Å². The number of alkyl halides is 3. The average molecular weight is 516 g/mol. The van der Waals surface area contributed by atoms with Gasteiger partial charge in [-0.3, -0.25) is 4.79 Å². The molecule has 4 atom stereocenters. The fourth-order valence-corrected chi connectivity index (χ4v) is 5.71. The van der Waals surface area contributed by atoms with Crippen molar-refractivity contribution in [1.82, 2.24) is 20.2 Å². The molecule has 3 fully saturated rings. The maximum atomic E-state index is 13.9. The van der Waals surface area contributed by atoms with Crippen LogP contribution in [0, 0.1) is 5.41 Å². The van der Waals surface area contributed by atoms with Crippen LogP contribution >= 0.6 is 0 Å². The standard InChI is InChI=1S/C24H36F3N5O4/c1-22(2,34)23(7-4-16(14-23)29-17-6-13-36-15-18(17)35-3)20(33)31-9-11-32(12-10-31)21-28-8-5-19(30-21)24(25,26)27/h5,8,16-18,29,34H,4,6-7,9-15H2,1-3H3/t16-,17+,18?,23+/m0/s1. The Balaban J connectivity index is 1.42. The highest BCUT2D eigenvalue weighted by molar-refractivity contribution is 5.85. The van der Waals surface area contributed by atoms with Crippen LogP contribution in [0.1, 0.15) is 45.2 Å². The van der Waals surface area contributed by atoms with Gasteiger partial charge in [0.25, 0.3) is 0 Å². The first-order chi connectivity index (χ1) is 16.9. The third-order valence-electron chi connectivity index (χ3n) is 7.93. The first-order valence-electron chi connectivity index (χ1n) is 12.5. The molecule has 1 aromatic heterocycles. The molecular formula is C24H36F3N5O4. The molecule has 2 aliphatic heterocycles. The number of hydrogen-bond donors (Lipinski definition) is 2. The van der Waals surface area contributed by atoms with Crippen molar-refractivity contribution >= 4 is 11.9 Å². The molecular weight excluding hydrogens is 479 g/mol. The molecule has 1 aliphatic carbocycles. The minimum atomic E-state index is -4.55. The van der Waals surface area contributed by atoms with Gasteiger partial charge in [-0.1, -0.05) is 0 Å². The van der Waals surface area contributed by atoms with Crippen LogP contribution in [-0.4, -0.2) is 96.2 Å². The number of amides is 1. The lowest BCUT2D eigenvalue weighted by atomic mass is 9.70. The maximum absolute atomic E-state index is 13.9. The minimum absolute atomic E-state index is 0.00316. The number of aromatic nitrogens is 2. The first-order valence-corrected chi connectivity index (χ1v) is 12.5. The van der Waals surface area contributed by atoms with Gasteiger partial charge in [0.1, 0.15) is 5.69 Å². The Morgan fingerprint density at radius 1 is 1.25 bits per heavy atom. The number of rotatable bonds is 6. The van der Waals surface area contributed by atoms with E-state index in [1.54, 1.807) is 30.8 Å². The summed E-state index contributed by atoms with van der Waals surface area (Å²) in [5.41, 5.74) is -3.18. The summed E-state index contributed by atoms with van der Waals surface area (Å²) in [6.45, 7) is 5.82. The lowest BCUT2D eigenvalue weighted by Gasteiger charge is -2.45. The fourth-order valence-electron chi connectivity index (χ4n) is 5.71. The summed E-state index contributed by atoms with van der Waals surface area (Å²) in [7, 11) is 1.66. The van der Waals surface area contributed by atoms with Crippen LogP contribution in [0.2, 0.25) is 0 Å². The van der Waals surface area contributed by atoms with Gasteiger partial charge in [-0.15, -0.1) is 0 Å². The van der Waals surface area contributed by atoms with Crippen LogP contribution in [-0.2, 0) is 20.4 Å². The van der Waals surface area contributed by atoms with Crippen molar-refractivity contribution in [2.45, 2.75) is 69.5 Å². The lowest BCUT2D eigenvalue weighted by Crippen LogP contribution is -2.59. The van der Waals surface area contributed by atoms with Gasteiger partial charge in [0.15, 0.2) is 0 Å². The highest BCUT2D eigenvalue weighted by Gasteiger charge is 2.56. The van der Waals surface area contributed by atoms with E-state index in [0.29, 0.717) is 52.2 Å². The van der Waals surface area contributed by atoms with Crippen molar-refractivity contribution in [1.29, 1.82) is 0 Å². The second-order valence-corrected chi connectivity index (χ2v) is 10.5. The number of anilines is 1. The zero-order valence-electron chi connectivity index (χ0n) is 21.1. The van der Waals surface area contributed by atoms with Gasteiger partial charge in [0, 0.05) is 58.2 Å². The topological polar surface area (TPSA) is 100 Å². The lowest BCUT2D eigenvalue weighted by molar-refractivity contribution is -0.158. The van der Waals surface area contributed by atoms with Crippen molar-refractivity contribution in [2.75, 3.05) is 51.4 Å². The summed E-state index contributed by atoms with van der Waals surface area (Å²) < 4.78 is 50.2. The number of carbonyl (C=O) groups is 1. The van der Waals surface area contributed by atoms with Crippen molar-refractivity contribution < 1.29 is 32.5 Å². The molecule has 4 rings (SSSR count). The zero-order valence-corrected chi connectivity index (χ0v) is 21.1. The third-order valence-corrected chi connectivity index (χ3v) is 7.93. The van der Waals surface area contributed by atoms with Crippen LogP contribution in [0.3, 0.4) is 0 Å². The molecule has 0 bridgehead atoms. The van der Waals surface area contributed by atoms with Crippen LogP contribution in [0.4, 0.5) is 19.1 Å². The molecule has 2 N–H and O–H groups in total. The number of methoxy groups -OCH3 is 1. The summed E-state index contributed by atoms with van der Waals surface area (Å²) in [6, 6.07) is 1.02. The molecule has 1 unspecified atom stereocenters. The molecule has 202 valence electrons. The van der Waals surface area contributed by atoms with Gasteiger partial charge in [-0.2, -0.15) is 13.2 Å². The number of aliphatic hydroxyl groups is 1. The molecule has 0 radical (unpaired) electrons. The van der Waals surface area contributed by atoms with Crippen molar-refractivity contribution in [3.63, 3.8) is 0 Å². The Kier molecular flexibility index (Phi) is 7.80. The number of carbonyl (C=O) groups excluding carboxylic acids is 1. The van der Waals surface area contributed by atoms with Gasteiger partial charge in [-0.25, -0.2) is 9.97 Å². The molecule has 1 aromatic rings. The van der Waals surface area contributed by atoms with E-state index >= 15 is 0 Å². The van der Waals surface area contributed by atoms with Gasteiger partial charge in [0.2, 0.25) is 11.9 Å². The number of hydrogen-bond acceptors (Lipinski definition) is 8. The van der Waals surface area contributed by atoms with Crippen molar-refractivity contribution in [2.24, 2.45) is 5.41 Å². The molecule has 12 heteroatoms. The molecule has 36 heavy (non-hydrogen) atoms. The van der Waals surface area contributed by atoms with E-state index in [1.165, 1.54) is 0 Å². The summed E-state index contributed by atoms with van der Waals surface area (Å²) in [5, 5.41) is 14.8. The summed E-state index contributed by atoms with van der Waals surface area (Å²) in [5.74, 6) is -0.109. The Labute approximate surface area is 209 Å². The van der Waals surface area contributed by atoms with E-state index in [4.69, 9.17) is 9.47 Å². The Morgan fingerprint density at radius 3 is 2.61 bits per heavy atom. The predicted octanol–water partition coefficient (Wildman–Crippen LogP) is 1.85. The van der Waals surface area contributed by atoms with Crippen LogP contribution in [0.5, 0.6) is 0 Å². The molecule has 1 saturated carbocycles. The normalized spacial score (nSPS) is 30.0. The van der Waals surface area contributed by atoms with Gasteiger partial charge >= 0.3 is 6.18 Å². The summed E-state index contributed by atoms with van der Waals surface area (Å²) >= 11 is 0. The van der Waals surface area contributed by atoms with Crippen molar-refractivity contribution in [3.05, 3.63) is 18.0 Å². The largest absolute Gasteiger partial charge is 0.433 e. The highest BCUT2D eigenvalue weighted by Crippen LogP contribution is 2.48. The van der Waals surface area contributed by atoms with E-state index in [0.717, 1.165) is 25.1 Å². The monoisotopic (exact) mass is 515 g/mol. The molecule has 0 spiro atoms. The summed E-state index contributed by atoms with van der Waals surface area (Å²) in [6.07, 6.45) is -0.887. The van der Waals surface area contributed by atoms with Gasteiger partial charge in [-0.05, 0) is 45.6 Å². The summed E-state index contributed by atoms with van der Waals surface area (Å²) in [4.78, 5) is 24.9. The number of halogens is 3. The first kappa shape index (κ1) is 27.0. The number of nitrogens with one attached hydrogen (secondary N) is 1. The molecule has 3 aliphatic rings. The smallest absolute Gasteiger partial charge is 0.389 e. The van der Waals surface area contributed by atoms with Gasteiger partial charge < -0.3 is 29.7 Å². The number of nitrogens with zero attached hydrogens (tertiary/aromatic N) is 4. The molecule has 3 heterocycles. The van der Waals surface area contributed by atoms with Gasteiger partial charge in [0.05, 0.1) is 23.7 Å². The zero-order chi connectivity index (χ0) is 26.1. The molecule has 1 amide bonds. The van der Waals surface area contributed by atoms with Crippen LogP contribution in [0.25, 0.3) is 0 Å². The van der Waals surface area contributed by atoms with Crippen molar-refractivity contribution in [3.8, 4) is 0 Å². The quantitative estimate of drug-likeness (QED) is 0.592. The highest BCUT2D eigenvalue weighted by atomic mass is 19.4. The Hall–Kier alpha value is -2.02. The number of ether oxygens (including phenoxy) is 2. The molecule has 0 aromatic carbocycles. The predicted molar refractivity (Wildman–Crippen MR) is 125 cm³/mol. The van der Waals surface area contributed by atoms with E-state index in [2.05, 4.69) is 15.3 Å². The Bertz CT molecular complexity index is 920. The van der Waals surface area contributed by atoms with Crippen LogP contribution < -0.4 is 10.2 Å². The molecule has 2 saturated heterocycles. The van der Waals surface area contributed by atoms with Crippen LogP contribution in [0.15, 0.2) is 12.3 Å². The average Bonchev–Trinajstić information content (AvgIpc) is 3.29. The van der Waals surface area contributed by atoms with E-state index in [1.807, 2.05) is 0 Å². The minimum Gasteiger partial charge on any atom is -0.389 e. The molecule has 9 nitrogen and oxygen atoms in total. The Morgan fingerprint density at radius 2 is 1.97 bits per heavy atom. The third kappa shape index (κ3) is 5.46. The van der Waals surface area contributed by atoms with E-state index in [9.17, 15) is 23.1 Å². The van der Waals surface area contributed by atoms with E-state index < -0.39 is 22.9 Å². The second kappa shape index (κ2) is 10.4. The maximum Gasteiger partial charge on any atom is 0.433 e. The SMILES string of the molecule is COC1COCC[C@H]1N[C@H]1CC[C@@](C(=O)N2CCN(c3nccc(C(F)(F)F)n3)CC2)(C(C)(C)O)C1. The fraction of sp³-hybridized carbons (Fsp3) is 0.792. The number of piperazine rings is 1. The second-order valence-electron chi connectivity index (χ2n) is 10.5.